The number of aliphatic hydroxyl groups is 1. The van der Waals surface area contributed by atoms with Crippen molar-refractivity contribution in [1.29, 1.82) is 0 Å². The number of aliphatic hydroxyl groups excluding tert-OH is 1. The minimum absolute atomic E-state index is 0.177. The molecule has 0 radical (unpaired) electrons. The Morgan fingerprint density at radius 3 is 2.60 bits per heavy atom. The van der Waals surface area contributed by atoms with Gasteiger partial charge in [-0.25, -0.2) is 0 Å². The van der Waals surface area contributed by atoms with Gasteiger partial charge in [-0.15, -0.1) is 10.2 Å². The molecule has 1 aromatic heterocycles. The van der Waals surface area contributed by atoms with Gasteiger partial charge >= 0.3 is 0 Å². The number of tetrazole rings is 1. The summed E-state index contributed by atoms with van der Waals surface area (Å²) in [4.78, 5) is 1.40. The van der Waals surface area contributed by atoms with Gasteiger partial charge in [0.1, 0.15) is 0 Å². The molecule has 1 aromatic rings. The van der Waals surface area contributed by atoms with Crippen molar-refractivity contribution in [2.24, 2.45) is 7.05 Å². The molecule has 1 N–H and O–H groups in total. The van der Waals surface area contributed by atoms with Gasteiger partial charge in [0.2, 0.25) is 0 Å². The zero-order chi connectivity index (χ0) is 11.5. The van der Waals surface area contributed by atoms with Gasteiger partial charge < -0.3 is 5.11 Å². The number of rotatable bonds is 4. The Kier molecular flexibility index (Phi) is 4.10. The summed E-state index contributed by atoms with van der Waals surface area (Å²) in [6.07, 6.45) is 0.0649. The molecule has 1 atom stereocenters. The molecule has 86 valence electrons. The van der Waals surface area contributed by atoms with Crippen LogP contribution < -0.4 is 0 Å². The summed E-state index contributed by atoms with van der Waals surface area (Å²) >= 11 is 1.73. The average Bonchev–Trinajstić information content (AvgIpc) is 2.47. The van der Waals surface area contributed by atoms with E-state index in [4.69, 9.17) is 0 Å². The molecule has 0 fully saturated rings. The lowest BCUT2D eigenvalue weighted by molar-refractivity contribution is 0.197. The van der Waals surface area contributed by atoms with Crippen LogP contribution in [0, 0.1) is 0 Å². The van der Waals surface area contributed by atoms with E-state index >= 15 is 0 Å². The van der Waals surface area contributed by atoms with Crippen LogP contribution in [0.5, 0.6) is 0 Å². The summed E-state index contributed by atoms with van der Waals surface area (Å²) in [5.74, 6) is 1.29. The Bertz CT molecular complexity index is 307. The van der Waals surface area contributed by atoms with Crippen LogP contribution in [0.2, 0.25) is 0 Å². The van der Waals surface area contributed by atoms with Crippen LogP contribution >= 0.6 is 11.8 Å². The highest BCUT2D eigenvalue weighted by Crippen LogP contribution is 2.24. The van der Waals surface area contributed by atoms with Gasteiger partial charge in [-0.05, 0) is 5.21 Å². The SMILES string of the molecule is Cn1nnc(CC(O)CSC(C)(C)C)n1. The number of hydrogen-bond acceptors (Lipinski definition) is 5. The summed E-state index contributed by atoms with van der Waals surface area (Å²) in [7, 11) is 1.72. The second-order valence-electron chi connectivity index (χ2n) is 4.48. The Labute approximate surface area is 94.3 Å². The van der Waals surface area contributed by atoms with Gasteiger partial charge in [-0.1, -0.05) is 20.8 Å². The predicted octanol–water partition coefficient (Wildman–Crippen LogP) is 0.645. The van der Waals surface area contributed by atoms with E-state index in [1.165, 1.54) is 4.80 Å². The Morgan fingerprint density at radius 2 is 2.13 bits per heavy atom. The van der Waals surface area contributed by atoms with Crippen molar-refractivity contribution in [3.05, 3.63) is 5.82 Å². The smallest absolute Gasteiger partial charge is 0.177 e. The van der Waals surface area contributed by atoms with Crippen molar-refractivity contribution in [2.45, 2.75) is 38.0 Å². The molecule has 0 aliphatic rings. The third-order valence-corrected chi connectivity index (χ3v) is 3.09. The molecular weight excluding hydrogens is 212 g/mol. The molecule has 0 aliphatic heterocycles. The zero-order valence-corrected chi connectivity index (χ0v) is 10.5. The molecule has 15 heavy (non-hydrogen) atoms. The Hall–Kier alpha value is -0.620. The first-order valence-electron chi connectivity index (χ1n) is 4.92. The second kappa shape index (κ2) is 4.94. The lowest BCUT2D eigenvalue weighted by atomic mass is 10.2. The van der Waals surface area contributed by atoms with Crippen molar-refractivity contribution >= 4 is 11.8 Å². The third-order valence-electron chi connectivity index (χ3n) is 1.68. The van der Waals surface area contributed by atoms with E-state index in [1.54, 1.807) is 18.8 Å². The molecule has 0 spiro atoms. The summed E-state index contributed by atoms with van der Waals surface area (Å²) in [5.41, 5.74) is 0. The molecule has 1 rings (SSSR count). The summed E-state index contributed by atoms with van der Waals surface area (Å²) in [5, 5.41) is 21.3. The molecule has 5 nitrogen and oxygen atoms in total. The molecule has 6 heteroatoms. The number of thioether (sulfide) groups is 1. The van der Waals surface area contributed by atoms with E-state index in [2.05, 4.69) is 36.2 Å². The van der Waals surface area contributed by atoms with Gasteiger partial charge in [0, 0.05) is 16.9 Å². The molecule has 1 unspecified atom stereocenters. The van der Waals surface area contributed by atoms with Gasteiger partial charge in [0.15, 0.2) is 5.82 Å². The maximum absolute atomic E-state index is 9.74. The highest BCUT2D eigenvalue weighted by Gasteiger charge is 2.15. The van der Waals surface area contributed by atoms with E-state index in [0.717, 1.165) is 0 Å². The van der Waals surface area contributed by atoms with Crippen molar-refractivity contribution < 1.29 is 5.11 Å². The lowest BCUT2D eigenvalue weighted by Crippen LogP contribution is -2.19. The standard InChI is InChI=1S/C9H18N4OS/c1-9(2,3)15-6-7(14)5-8-10-12-13(4)11-8/h7,14H,5-6H2,1-4H3. The first-order valence-corrected chi connectivity index (χ1v) is 5.90. The molecule has 0 aliphatic carbocycles. The van der Waals surface area contributed by atoms with Crippen LogP contribution in [0.4, 0.5) is 0 Å². The van der Waals surface area contributed by atoms with Crippen LogP contribution in [-0.4, -0.2) is 41.9 Å². The van der Waals surface area contributed by atoms with Gasteiger partial charge in [0.05, 0.1) is 13.2 Å². The summed E-state index contributed by atoms with van der Waals surface area (Å²) in [6.45, 7) is 6.39. The quantitative estimate of drug-likeness (QED) is 0.822. The van der Waals surface area contributed by atoms with E-state index in [9.17, 15) is 5.11 Å². The van der Waals surface area contributed by atoms with Crippen LogP contribution in [0.3, 0.4) is 0 Å². The third kappa shape index (κ3) is 5.13. The molecule has 0 bridgehead atoms. The van der Waals surface area contributed by atoms with Crippen LogP contribution in [0.15, 0.2) is 0 Å². The van der Waals surface area contributed by atoms with Crippen LogP contribution in [0.1, 0.15) is 26.6 Å². The zero-order valence-electron chi connectivity index (χ0n) is 9.64. The molecule has 0 saturated carbocycles. The maximum Gasteiger partial charge on any atom is 0.177 e. The molecule has 0 aromatic carbocycles. The topological polar surface area (TPSA) is 63.8 Å². The highest BCUT2D eigenvalue weighted by atomic mass is 32.2. The molecule has 1 heterocycles. The second-order valence-corrected chi connectivity index (χ2v) is 6.32. The molecule has 0 amide bonds. The van der Waals surface area contributed by atoms with E-state index in [1.807, 2.05) is 0 Å². The Morgan fingerprint density at radius 1 is 1.47 bits per heavy atom. The first-order chi connectivity index (χ1) is 6.87. The fourth-order valence-corrected chi connectivity index (χ4v) is 1.83. The van der Waals surface area contributed by atoms with E-state index in [-0.39, 0.29) is 4.75 Å². The molecule has 0 saturated heterocycles. The number of aryl methyl sites for hydroxylation is 1. The van der Waals surface area contributed by atoms with Crippen LogP contribution in [0.25, 0.3) is 0 Å². The van der Waals surface area contributed by atoms with Gasteiger partial charge in [-0.3, -0.25) is 0 Å². The monoisotopic (exact) mass is 230 g/mol. The van der Waals surface area contributed by atoms with Crippen molar-refractivity contribution in [2.75, 3.05) is 5.75 Å². The minimum atomic E-state index is -0.404. The number of aromatic nitrogens is 4. The molecular formula is C9H18N4OS. The van der Waals surface area contributed by atoms with Crippen molar-refractivity contribution in [3.8, 4) is 0 Å². The summed E-state index contributed by atoms with van der Waals surface area (Å²) in [6, 6.07) is 0. The van der Waals surface area contributed by atoms with Gasteiger partial charge in [-0.2, -0.15) is 16.6 Å². The van der Waals surface area contributed by atoms with Crippen LogP contribution in [-0.2, 0) is 13.5 Å². The van der Waals surface area contributed by atoms with E-state index in [0.29, 0.717) is 18.0 Å². The Balaban J connectivity index is 2.33. The van der Waals surface area contributed by atoms with Crippen molar-refractivity contribution in [1.82, 2.24) is 20.2 Å². The first kappa shape index (κ1) is 12.4. The number of hydrogen-bond donors (Lipinski definition) is 1. The largest absolute Gasteiger partial charge is 0.392 e. The summed E-state index contributed by atoms with van der Waals surface area (Å²) < 4.78 is 0.177. The number of nitrogens with zero attached hydrogens (tertiary/aromatic N) is 4. The van der Waals surface area contributed by atoms with Gasteiger partial charge in [0.25, 0.3) is 0 Å². The fourth-order valence-electron chi connectivity index (χ4n) is 1.02. The maximum atomic E-state index is 9.74. The highest BCUT2D eigenvalue weighted by molar-refractivity contribution is 8.00. The predicted molar refractivity (Wildman–Crippen MR) is 60.7 cm³/mol. The lowest BCUT2D eigenvalue weighted by Gasteiger charge is -2.19. The normalized spacial score (nSPS) is 14.2. The minimum Gasteiger partial charge on any atom is -0.392 e. The van der Waals surface area contributed by atoms with E-state index < -0.39 is 6.10 Å². The average molecular weight is 230 g/mol. The van der Waals surface area contributed by atoms with Crippen molar-refractivity contribution in [3.63, 3.8) is 0 Å². The fraction of sp³-hybridized carbons (Fsp3) is 0.889.